The monoisotopic (exact) mass is 241 g/mol. The van der Waals surface area contributed by atoms with E-state index in [1.54, 1.807) is 4.57 Å². The summed E-state index contributed by atoms with van der Waals surface area (Å²) in [5, 5.41) is 0. The van der Waals surface area contributed by atoms with E-state index in [0.29, 0.717) is 10.5 Å². The Balaban J connectivity index is 2.37. The molecule has 2 nitrogen and oxygen atoms in total. The van der Waals surface area contributed by atoms with Gasteiger partial charge in [0.15, 0.2) is 3.95 Å². The highest BCUT2D eigenvalue weighted by atomic mass is 32.9. The third kappa shape index (κ3) is 2.00. The second-order valence-electron chi connectivity index (χ2n) is 2.77. The molecule has 1 aromatic heterocycles. The molecule has 1 aromatic carbocycles. The van der Waals surface area contributed by atoms with Gasteiger partial charge >= 0.3 is 4.87 Å². The molecule has 0 unspecified atom stereocenters. The summed E-state index contributed by atoms with van der Waals surface area (Å²) >= 11 is 5.06. The number of nitrogens with zero attached hydrogens (tertiary/aromatic N) is 1. The van der Waals surface area contributed by atoms with Crippen molar-refractivity contribution in [2.75, 3.05) is 0 Å². The van der Waals surface area contributed by atoms with Gasteiger partial charge in [-0.1, -0.05) is 30.3 Å². The lowest BCUT2D eigenvalue weighted by atomic mass is 10.2. The van der Waals surface area contributed by atoms with Gasteiger partial charge in [0.05, 0.1) is 6.54 Å². The van der Waals surface area contributed by atoms with Crippen molar-refractivity contribution in [2.45, 2.75) is 6.54 Å². The molecule has 0 amide bonds. The molecule has 72 valence electrons. The summed E-state index contributed by atoms with van der Waals surface area (Å²) in [6.45, 7) is 0.582. The highest BCUT2D eigenvalue weighted by Gasteiger charge is 2.01. The first kappa shape index (κ1) is 9.76. The number of hydrogen-bond donors (Lipinski definition) is 0. The van der Waals surface area contributed by atoms with E-state index in [1.165, 1.54) is 20.7 Å². The number of aromatic nitrogens is 1. The minimum atomic E-state index is 0.0313. The van der Waals surface area contributed by atoms with Crippen LogP contribution in [0.2, 0.25) is 0 Å². The van der Waals surface area contributed by atoms with Crippen LogP contribution < -0.4 is 4.87 Å². The van der Waals surface area contributed by atoms with Crippen LogP contribution in [0.25, 0.3) is 0 Å². The Kier molecular flexibility index (Phi) is 2.90. The first-order valence-corrected chi connectivity index (χ1v) is 6.57. The third-order valence-corrected chi connectivity index (χ3v) is 4.56. The molecule has 0 aliphatic rings. The van der Waals surface area contributed by atoms with Crippen molar-refractivity contribution >= 4 is 32.9 Å². The Morgan fingerprint density at radius 2 is 1.93 bits per heavy atom. The van der Waals surface area contributed by atoms with Gasteiger partial charge in [-0.05, 0) is 38.5 Å². The van der Waals surface area contributed by atoms with E-state index in [-0.39, 0.29) is 4.87 Å². The number of rotatable bonds is 2. The maximum absolute atomic E-state index is 11.4. The van der Waals surface area contributed by atoms with E-state index in [9.17, 15) is 4.79 Å². The van der Waals surface area contributed by atoms with Gasteiger partial charge in [0, 0.05) is 0 Å². The average Bonchev–Trinajstić information content (AvgIpc) is 2.51. The van der Waals surface area contributed by atoms with Crippen molar-refractivity contribution in [1.29, 1.82) is 0 Å². The zero-order valence-electron chi connectivity index (χ0n) is 7.17. The molecule has 0 saturated carbocycles. The fourth-order valence-electron chi connectivity index (χ4n) is 1.13. The first-order chi connectivity index (χ1) is 6.77. The molecule has 0 saturated heterocycles. The Bertz CT molecular complexity index is 495. The van der Waals surface area contributed by atoms with E-state index in [1.807, 2.05) is 30.3 Å². The smallest absolute Gasteiger partial charge is 0.276 e. The van der Waals surface area contributed by atoms with Crippen LogP contribution in [0.3, 0.4) is 0 Å². The van der Waals surface area contributed by atoms with Crippen LogP contribution in [-0.4, -0.2) is 4.57 Å². The molecule has 0 N–H and O–H groups in total. The Morgan fingerprint density at radius 3 is 2.50 bits per heavy atom. The summed E-state index contributed by atoms with van der Waals surface area (Å²) in [6, 6.07) is 9.85. The van der Waals surface area contributed by atoms with Crippen molar-refractivity contribution < 1.29 is 0 Å². The maximum Gasteiger partial charge on any atom is 0.319 e. The van der Waals surface area contributed by atoms with Crippen molar-refractivity contribution in [3.8, 4) is 0 Å². The quantitative estimate of drug-likeness (QED) is 0.596. The van der Waals surface area contributed by atoms with Crippen LogP contribution in [0, 0.1) is 3.95 Å². The number of benzene rings is 1. The zero-order chi connectivity index (χ0) is 9.97. The molecule has 0 radical (unpaired) electrons. The summed E-state index contributed by atoms with van der Waals surface area (Å²) < 4.78 is 2.28. The summed E-state index contributed by atoms with van der Waals surface area (Å²) in [5.41, 5.74) is 1.10. The molecule has 0 fully saturated rings. The zero-order valence-corrected chi connectivity index (χ0v) is 9.62. The predicted octanol–water partition coefficient (Wildman–Crippen LogP) is 2.75. The molecular weight excluding hydrogens is 234 g/mol. The Morgan fingerprint density at radius 1 is 1.21 bits per heavy atom. The van der Waals surface area contributed by atoms with Crippen molar-refractivity contribution in [1.82, 2.24) is 4.57 Å². The lowest BCUT2D eigenvalue weighted by Crippen LogP contribution is -2.13. The van der Waals surface area contributed by atoms with Gasteiger partial charge in [0.1, 0.15) is 0 Å². The highest BCUT2D eigenvalue weighted by molar-refractivity contribution is 7.79. The molecule has 0 aliphatic heterocycles. The molecule has 0 atom stereocenters. The minimum Gasteiger partial charge on any atom is -0.276 e. The molecule has 0 aliphatic carbocycles. The molecule has 0 spiro atoms. The lowest BCUT2D eigenvalue weighted by molar-refractivity contribution is 0.780. The fourth-order valence-corrected chi connectivity index (χ4v) is 3.29. The van der Waals surface area contributed by atoms with E-state index in [0.717, 1.165) is 5.56 Å². The van der Waals surface area contributed by atoms with Crippen LogP contribution >= 0.6 is 32.9 Å². The molecule has 2 aromatic rings. The SMILES string of the molecule is O=c1ssc(=S)n1Cc1ccccc1. The summed E-state index contributed by atoms with van der Waals surface area (Å²) in [7, 11) is 2.55. The van der Waals surface area contributed by atoms with E-state index in [4.69, 9.17) is 12.2 Å². The summed E-state index contributed by atoms with van der Waals surface area (Å²) in [4.78, 5) is 11.4. The van der Waals surface area contributed by atoms with Crippen LogP contribution in [0.1, 0.15) is 5.56 Å². The topological polar surface area (TPSA) is 22.0 Å². The summed E-state index contributed by atoms with van der Waals surface area (Å²) in [5.74, 6) is 0. The molecule has 0 bridgehead atoms. The highest BCUT2D eigenvalue weighted by Crippen LogP contribution is 2.07. The molecule has 14 heavy (non-hydrogen) atoms. The number of hydrogen-bond acceptors (Lipinski definition) is 4. The largest absolute Gasteiger partial charge is 0.319 e. The van der Waals surface area contributed by atoms with Gasteiger partial charge in [0.2, 0.25) is 0 Å². The molecular formula is C9H7NOS3. The summed E-state index contributed by atoms with van der Waals surface area (Å²) in [6.07, 6.45) is 0. The van der Waals surface area contributed by atoms with Gasteiger partial charge in [-0.15, -0.1) is 0 Å². The maximum atomic E-state index is 11.4. The van der Waals surface area contributed by atoms with Gasteiger partial charge < -0.3 is 0 Å². The first-order valence-electron chi connectivity index (χ1n) is 4.01. The minimum absolute atomic E-state index is 0.0313. The van der Waals surface area contributed by atoms with E-state index < -0.39 is 0 Å². The lowest BCUT2D eigenvalue weighted by Gasteiger charge is -1.99. The van der Waals surface area contributed by atoms with Crippen molar-refractivity contribution in [2.24, 2.45) is 0 Å². The predicted molar refractivity (Wildman–Crippen MR) is 62.8 cm³/mol. The fraction of sp³-hybridized carbons (Fsp3) is 0.111. The standard InChI is InChI=1S/C9H7NOS3/c11-8-10(9(12)14-13-8)6-7-4-2-1-3-5-7/h1-5H,6H2. The normalized spacial score (nSPS) is 10.3. The molecule has 2 rings (SSSR count). The Labute approximate surface area is 93.5 Å². The van der Waals surface area contributed by atoms with Crippen LogP contribution in [-0.2, 0) is 6.54 Å². The Hall–Kier alpha value is -0.780. The van der Waals surface area contributed by atoms with E-state index in [2.05, 4.69) is 0 Å². The van der Waals surface area contributed by atoms with E-state index >= 15 is 0 Å². The van der Waals surface area contributed by atoms with Gasteiger partial charge in [-0.3, -0.25) is 9.36 Å². The van der Waals surface area contributed by atoms with Crippen LogP contribution in [0.5, 0.6) is 0 Å². The second kappa shape index (κ2) is 4.16. The van der Waals surface area contributed by atoms with Crippen LogP contribution in [0.15, 0.2) is 35.1 Å². The second-order valence-corrected chi connectivity index (χ2v) is 5.48. The average molecular weight is 241 g/mol. The third-order valence-electron chi connectivity index (χ3n) is 1.81. The van der Waals surface area contributed by atoms with Gasteiger partial charge in [0.25, 0.3) is 0 Å². The van der Waals surface area contributed by atoms with Crippen molar-refractivity contribution in [3.05, 3.63) is 49.5 Å². The molecule has 5 heteroatoms. The van der Waals surface area contributed by atoms with Gasteiger partial charge in [-0.2, -0.15) is 0 Å². The molecule has 1 heterocycles. The van der Waals surface area contributed by atoms with Crippen molar-refractivity contribution in [3.63, 3.8) is 0 Å². The van der Waals surface area contributed by atoms with Crippen LogP contribution in [0.4, 0.5) is 0 Å². The van der Waals surface area contributed by atoms with Gasteiger partial charge in [-0.25, -0.2) is 0 Å².